The van der Waals surface area contributed by atoms with Crippen LogP contribution in [0.4, 0.5) is 0 Å². The van der Waals surface area contributed by atoms with Crippen molar-refractivity contribution in [1.82, 2.24) is 4.90 Å². The lowest BCUT2D eigenvalue weighted by molar-refractivity contribution is -0.0445. The predicted octanol–water partition coefficient (Wildman–Crippen LogP) is 2.69. The second-order valence-corrected chi connectivity index (χ2v) is 5.57. The van der Waals surface area contributed by atoms with Gasteiger partial charge in [-0.25, -0.2) is 0 Å². The summed E-state index contributed by atoms with van der Waals surface area (Å²) in [7, 11) is 0. The Morgan fingerprint density at radius 2 is 1.88 bits per heavy atom. The first kappa shape index (κ1) is 12.6. The molecule has 1 fully saturated rings. The summed E-state index contributed by atoms with van der Waals surface area (Å²) in [6.07, 6.45) is 1.95. The fourth-order valence-electron chi connectivity index (χ4n) is 2.61. The molecule has 1 aliphatic rings. The van der Waals surface area contributed by atoms with Crippen LogP contribution in [0.1, 0.15) is 37.8 Å². The summed E-state index contributed by atoms with van der Waals surface area (Å²) in [5, 5.41) is 10.8. The van der Waals surface area contributed by atoms with Crippen molar-refractivity contribution in [2.24, 2.45) is 0 Å². The van der Waals surface area contributed by atoms with E-state index in [1.807, 2.05) is 0 Å². The molecule has 0 radical (unpaired) electrons. The molecule has 0 spiro atoms. The number of aliphatic hydroxyl groups is 1. The number of aryl methyl sites for hydroxylation is 1. The van der Waals surface area contributed by atoms with E-state index in [1.165, 1.54) is 5.56 Å². The molecule has 0 aliphatic carbocycles. The molecule has 2 nitrogen and oxygen atoms in total. The van der Waals surface area contributed by atoms with Gasteiger partial charge in [-0.3, -0.25) is 4.90 Å². The van der Waals surface area contributed by atoms with Crippen LogP contribution in [0.25, 0.3) is 0 Å². The molecule has 1 heterocycles. The standard InChI is InChI=1S/C15H23NO/c1-12(2)16-10-4-9-15(17,11-16)14-7-5-13(3)6-8-14/h5-8,12,17H,4,9-11H2,1-3H3. The van der Waals surface area contributed by atoms with Crippen molar-refractivity contribution in [2.75, 3.05) is 13.1 Å². The molecule has 1 N–H and O–H groups in total. The van der Waals surface area contributed by atoms with Crippen LogP contribution in [-0.4, -0.2) is 29.1 Å². The maximum atomic E-state index is 10.8. The first-order chi connectivity index (χ1) is 8.01. The number of nitrogens with zero attached hydrogens (tertiary/aromatic N) is 1. The van der Waals surface area contributed by atoms with Crippen molar-refractivity contribution in [3.05, 3.63) is 35.4 Å². The van der Waals surface area contributed by atoms with Crippen LogP contribution in [0.3, 0.4) is 0 Å². The number of piperidine rings is 1. The molecular weight excluding hydrogens is 210 g/mol. The van der Waals surface area contributed by atoms with Gasteiger partial charge in [-0.1, -0.05) is 29.8 Å². The summed E-state index contributed by atoms with van der Waals surface area (Å²) in [6.45, 7) is 8.33. The maximum absolute atomic E-state index is 10.8. The van der Waals surface area contributed by atoms with E-state index in [0.29, 0.717) is 6.04 Å². The fraction of sp³-hybridized carbons (Fsp3) is 0.600. The van der Waals surface area contributed by atoms with Crippen LogP contribution < -0.4 is 0 Å². The highest BCUT2D eigenvalue weighted by atomic mass is 16.3. The Balaban J connectivity index is 2.20. The van der Waals surface area contributed by atoms with Gasteiger partial charge in [-0.05, 0) is 45.7 Å². The summed E-state index contributed by atoms with van der Waals surface area (Å²) in [6, 6.07) is 8.81. The van der Waals surface area contributed by atoms with Crippen molar-refractivity contribution in [3.63, 3.8) is 0 Å². The summed E-state index contributed by atoms with van der Waals surface area (Å²) >= 11 is 0. The smallest absolute Gasteiger partial charge is 0.102 e. The lowest BCUT2D eigenvalue weighted by Gasteiger charge is -2.41. The summed E-state index contributed by atoms with van der Waals surface area (Å²) in [4.78, 5) is 2.36. The average molecular weight is 233 g/mol. The zero-order valence-corrected chi connectivity index (χ0v) is 11.1. The molecule has 1 aliphatic heterocycles. The van der Waals surface area contributed by atoms with E-state index in [4.69, 9.17) is 0 Å². The zero-order chi connectivity index (χ0) is 12.5. The molecule has 2 heteroatoms. The lowest BCUT2D eigenvalue weighted by Crippen LogP contribution is -2.48. The number of benzene rings is 1. The molecule has 0 bridgehead atoms. The molecule has 0 saturated carbocycles. The van der Waals surface area contributed by atoms with E-state index >= 15 is 0 Å². The minimum atomic E-state index is -0.657. The number of hydrogen-bond donors (Lipinski definition) is 1. The van der Waals surface area contributed by atoms with Crippen molar-refractivity contribution in [3.8, 4) is 0 Å². The van der Waals surface area contributed by atoms with Gasteiger partial charge >= 0.3 is 0 Å². The number of β-amino-alcohol motifs (C(OH)–C–C–N with tert-alkyl or cyclic N) is 1. The highest BCUT2D eigenvalue weighted by molar-refractivity contribution is 5.27. The molecular formula is C15H23NO. The third-order valence-corrected chi connectivity index (χ3v) is 3.82. The Labute approximate surface area is 104 Å². The first-order valence-corrected chi connectivity index (χ1v) is 6.55. The molecule has 1 aromatic carbocycles. The van der Waals surface area contributed by atoms with E-state index in [2.05, 4.69) is 49.9 Å². The van der Waals surface area contributed by atoms with Crippen LogP contribution in [-0.2, 0) is 5.60 Å². The highest BCUT2D eigenvalue weighted by Gasteiger charge is 2.35. The average Bonchev–Trinajstić information content (AvgIpc) is 2.29. The number of rotatable bonds is 2. The Hall–Kier alpha value is -0.860. The third kappa shape index (κ3) is 2.70. The fourth-order valence-corrected chi connectivity index (χ4v) is 2.61. The van der Waals surface area contributed by atoms with E-state index in [9.17, 15) is 5.11 Å². The molecule has 0 amide bonds. The SMILES string of the molecule is Cc1ccc(C2(O)CCCN(C(C)C)C2)cc1. The topological polar surface area (TPSA) is 23.5 Å². The second-order valence-electron chi connectivity index (χ2n) is 5.57. The Bertz CT molecular complexity index is 371. The Morgan fingerprint density at radius 3 is 2.47 bits per heavy atom. The van der Waals surface area contributed by atoms with Gasteiger partial charge in [0.1, 0.15) is 5.60 Å². The minimum absolute atomic E-state index is 0.507. The van der Waals surface area contributed by atoms with E-state index < -0.39 is 5.60 Å². The lowest BCUT2D eigenvalue weighted by atomic mass is 9.85. The van der Waals surface area contributed by atoms with E-state index in [1.54, 1.807) is 0 Å². The maximum Gasteiger partial charge on any atom is 0.102 e. The first-order valence-electron chi connectivity index (χ1n) is 6.55. The van der Waals surface area contributed by atoms with Crippen molar-refractivity contribution >= 4 is 0 Å². The van der Waals surface area contributed by atoms with Crippen molar-refractivity contribution in [2.45, 2.75) is 45.3 Å². The van der Waals surface area contributed by atoms with Crippen molar-refractivity contribution in [1.29, 1.82) is 0 Å². The van der Waals surface area contributed by atoms with Crippen LogP contribution in [0, 0.1) is 6.92 Å². The minimum Gasteiger partial charge on any atom is -0.384 e. The third-order valence-electron chi connectivity index (χ3n) is 3.82. The quantitative estimate of drug-likeness (QED) is 0.849. The Morgan fingerprint density at radius 1 is 1.24 bits per heavy atom. The summed E-state index contributed by atoms with van der Waals surface area (Å²) in [5.41, 5.74) is 1.65. The van der Waals surface area contributed by atoms with Crippen LogP contribution in [0.2, 0.25) is 0 Å². The molecule has 1 atom stereocenters. The van der Waals surface area contributed by atoms with Gasteiger partial charge in [0.2, 0.25) is 0 Å². The predicted molar refractivity (Wildman–Crippen MR) is 71.0 cm³/mol. The molecule has 0 aromatic heterocycles. The van der Waals surface area contributed by atoms with Crippen LogP contribution in [0.5, 0.6) is 0 Å². The molecule has 2 rings (SSSR count). The van der Waals surface area contributed by atoms with Gasteiger partial charge in [0.25, 0.3) is 0 Å². The second kappa shape index (κ2) is 4.79. The molecule has 1 aromatic rings. The number of hydrogen-bond acceptors (Lipinski definition) is 2. The highest BCUT2D eigenvalue weighted by Crippen LogP contribution is 2.32. The molecule has 1 saturated heterocycles. The van der Waals surface area contributed by atoms with Crippen LogP contribution in [0.15, 0.2) is 24.3 Å². The van der Waals surface area contributed by atoms with Crippen molar-refractivity contribution < 1.29 is 5.11 Å². The summed E-state index contributed by atoms with van der Waals surface area (Å²) in [5.74, 6) is 0. The molecule has 1 unspecified atom stereocenters. The largest absolute Gasteiger partial charge is 0.384 e. The van der Waals surface area contributed by atoms with Crippen LogP contribution >= 0.6 is 0 Å². The molecule has 94 valence electrons. The zero-order valence-electron chi connectivity index (χ0n) is 11.1. The molecule has 17 heavy (non-hydrogen) atoms. The monoisotopic (exact) mass is 233 g/mol. The summed E-state index contributed by atoms with van der Waals surface area (Å²) < 4.78 is 0. The van der Waals surface area contributed by atoms with Gasteiger partial charge < -0.3 is 5.11 Å². The van der Waals surface area contributed by atoms with Gasteiger partial charge in [-0.2, -0.15) is 0 Å². The number of likely N-dealkylation sites (tertiary alicyclic amines) is 1. The van der Waals surface area contributed by atoms with Gasteiger partial charge in [0.05, 0.1) is 0 Å². The van der Waals surface area contributed by atoms with E-state index in [-0.39, 0.29) is 0 Å². The van der Waals surface area contributed by atoms with Gasteiger partial charge in [-0.15, -0.1) is 0 Å². The Kier molecular flexibility index (Phi) is 3.55. The normalized spacial score (nSPS) is 26.4. The van der Waals surface area contributed by atoms with Gasteiger partial charge in [0.15, 0.2) is 0 Å². The van der Waals surface area contributed by atoms with E-state index in [0.717, 1.165) is 31.5 Å². The van der Waals surface area contributed by atoms with Gasteiger partial charge in [0, 0.05) is 12.6 Å².